The molecule has 0 saturated carbocycles. The Bertz CT molecular complexity index is 416. The van der Waals surface area contributed by atoms with Crippen LogP contribution in [0.15, 0.2) is 30.3 Å². The van der Waals surface area contributed by atoms with Gasteiger partial charge in [0.2, 0.25) is 5.91 Å². The van der Waals surface area contributed by atoms with Crippen LogP contribution in [0.1, 0.15) is 31.2 Å². The second-order valence-corrected chi connectivity index (χ2v) is 5.85. The van der Waals surface area contributed by atoms with Gasteiger partial charge in [0.15, 0.2) is 0 Å². The van der Waals surface area contributed by atoms with Crippen molar-refractivity contribution < 1.29 is 9.53 Å². The van der Waals surface area contributed by atoms with E-state index in [4.69, 9.17) is 4.74 Å². The maximum atomic E-state index is 11.8. The van der Waals surface area contributed by atoms with Gasteiger partial charge in [0, 0.05) is 26.1 Å². The fourth-order valence-electron chi connectivity index (χ4n) is 2.70. The highest BCUT2D eigenvalue weighted by molar-refractivity contribution is 5.75. The van der Waals surface area contributed by atoms with Crippen molar-refractivity contribution in [2.45, 2.75) is 32.1 Å². The molecule has 0 unspecified atom stereocenters. The van der Waals surface area contributed by atoms with Gasteiger partial charge in [0.1, 0.15) is 0 Å². The summed E-state index contributed by atoms with van der Waals surface area (Å²) in [7, 11) is 0. The van der Waals surface area contributed by atoms with Crippen molar-refractivity contribution in [3.63, 3.8) is 0 Å². The number of amides is 1. The van der Waals surface area contributed by atoms with Gasteiger partial charge in [-0.15, -0.1) is 0 Å². The molecule has 2 rings (SSSR count). The van der Waals surface area contributed by atoms with Crippen molar-refractivity contribution in [2.75, 3.05) is 39.4 Å². The van der Waals surface area contributed by atoms with Crippen LogP contribution in [0, 0.1) is 0 Å². The average Bonchev–Trinajstić information content (AvgIpc) is 2.57. The lowest BCUT2D eigenvalue weighted by molar-refractivity contribution is -0.121. The highest BCUT2D eigenvalue weighted by Crippen LogP contribution is 2.06. The van der Waals surface area contributed by atoms with Gasteiger partial charge in [-0.2, -0.15) is 0 Å². The van der Waals surface area contributed by atoms with Crippen molar-refractivity contribution >= 4 is 5.91 Å². The molecule has 1 aliphatic heterocycles. The minimum Gasteiger partial charge on any atom is -0.379 e. The summed E-state index contributed by atoms with van der Waals surface area (Å²) in [6, 6.07) is 10.5. The summed E-state index contributed by atoms with van der Waals surface area (Å²) in [6.45, 7) is 5.56. The Kier molecular flexibility index (Phi) is 7.99. The number of nitrogens with one attached hydrogen (secondary N) is 1. The number of morpholine rings is 1. The van der Waals surface area contributed by atoms with Crippen LogP contribution >= 0.6 is 0 Å². The van der Waals surface area contributed by atoms with Gasteiger partial charge in [0.05, 0.1) is 13.2 Å². The molecule has 122 valence electrons. The van der Waals surface area contributed by atoms with E-state index in [1.165, 1.54) is 5.56 Å². The Balaban J connectivity index is 1.44. The molecule has 22 heavy (non-hydrogen) atoms. The third-order valence-electron chi connectivity index (χ3n) is 4.04. The van der Waals surface area contributed by atoms with Gasteiger partial charge in [-0.3, -0.25) is 9.69 Å². The van der Waals surface area contributed by atoms with Gasteiger partial charge in [-0.25, -0.2) is 0 Å². The van der Waals surface area contributed by atoms with Crippen LogP contribution < -0.4 is 5.32 Å². The summed E-state index contributed by atoms with van der Waals surface area (Å²) in [6.07, 6.45) is 4.76. The van der Waals surface area contributed by atoms with Crippen molar-refractivity contribution in [1.82, 2.24) is 10.2 Å². The first kappa shape index (κ1) is 17.0. The Morgan fingerprint density at radius 2 is 1.86 bits per heavy atom. The number of carbonyl (C=O) groups is 1. The Hall–Kier alpha value is -1.39. The van der Waals surface area contributed by atoms with E-state index in [-0.39, 0.29) is 5.91 Å². The second-order valence-electron chi connectivity index (χ2n) is 5.85. The molecule has 1 heterocycles. The highest BCUT2D eigenvalue weighted by Gasteiger charge is 2.09. The Morgan fingerprint density at radius 3 is 2.64 bits per heavy atom. The molecule has 4 heteroatoms. The fourth-order valence-corrected chi connectivity index (χ4v) is 2.70. The van der Waals surface area contributed by atoms with Crippen LogP contribution in [0.4, 0.5) is 0 Å². The van der Waals surface area contributed by atoms with E-state index < -0.39 is 0 Å². The van der Waals surface area contributed by atoms with Crippen molar-refractivity contribution in [3.05, 3.63) is 35.9 Å². The molecule has 1 aromatic carbocycles. The van der Waals surface area contributed by atoms with Crippen LogP contribution in [-0.2, 0) is 16.0 Å². The minimum absolute atomic E-state index is 0.190. The SMILES string of the molecule is O=C(CCCCc1ccccc1)NCCCN1CCOCC1. The topological polar surface area (TPSA) is 41.6 Å². The molecule has 0 atom stereocenters. The molecule has 0 bridgehead atoms. The molecule has 1 aliphatic rings. The van der Waals surface area contributed by atoms with Crippen molar-refractivity contribution in [2.24, 2.45) is 0 Å². The van der Waals surface area contributed by atoms with E-state index in [0.29, 0.717) is 6.42 Å². The predicted molar refractivity (Wildman–Crippen MR) is 88.9 cm³/mol. The lowest BCUT2D eigenvalue weighted by Crippen LogP contribution is -2.38. The summed E-state index contributed by atoms with van der Waals surface area (Å²) >= 11 is 0. The number of rotatable bonds is 9. The molecule has 1 fully saturated rings. The quantitative estimate of drug-likeness (QED) is 0.711. The zero-order valence-corrected chi connectivity index (χ0v) is 13.4. The second kappa shape index (κ2) is 10.4. The molecular weight excluding hydrogens is 276 g/mol. The van der Waals surface area contributed by atoms with Crippen molar-refractivity contribution in [3.8, 4) is 0 Å². The maximum Gasteiger partial charge on any atom is 0.219 e. The number of nitrogens with zero attached hydrogens (tertiary/aromatic N) is 1. The number of unbranched alkanes of at least 4 members (excludes halogenated alkanes) is 1. The standard InChI is InChI=1S/C18H28N2O2/c21-18(10-5-4-9-17-7-2-1-3-8-17)19-11-6-12-20-13-15-22-16-14-20/h1-3,7-8H,4-6,9-16H2,(H,19,21). The van der Waals surface area contributed by atoms with Crippen LogP contribution in [0.3, 0.4) is 0 Å². The van der Waals surface area contributed by atoms with Crippen LogP contribution in [0.25, 0.3) is 0 Å². The van der Waals surface area contributed by atoms with Crippen LogP contribution in [0.2, 0.25) is 0 Å². The van der Waals surface area contributed by atoms with Gasteiger partial charge in [-0.1, -0.05) is 30.3 Å². The number of hydrogen-bond acceptors (Lipinski definition) is 3. The first-order chi connectivity index (χ1) is 10.8. The lowest BCUT2D eigenvalue weighted by atomic mass is 10.1. The van der Waals surface area contributed by atoms with Gasteiger partial charge in [-0.05, 0) is 37.8 Å². The Morgan fingerprint density at radius 1 is 1.09 bits per heavy atom. The molecule has 0 spiro atoms. The summed E-state index contributed by atoms with van der Waals surface area (Å²) in [5.74, 6) is 0.190. The molecule has 0 aliphatic carbocycles. The summed E-state index contributed by atoms with van der Waals surface area (Å²) in [5.41, 5.74) is 1.36. The molecule has 1 amide bonds. The lowest BCUT2D eigenvalue weighted by Gasteiger charge is -2.26. The van der Waals surface area contributed by atoms with E-state index in [0.717, 1.165) is 65.1 Å². The molecule has 1 aromatic rings. The molecule has 4 nitrogen and oxygen atoms in total. The zero-order valence-electron chi connectivity index (χ0n) is 13.4. The predicted octanol–water partition coefficient (Wildman–Crippen LogP) is 2.24. The van der Waals surface area contributed by atoms with Gasteiger partial charge >= 0.3 is 0 Å². The third kappa shape index (κ3) is 7.05. The smallest absolute Gasteiger partial charge is 0.219 e. The van der Waals surface area contributed by atoms with Crippen LogP contribution in [-0.4, -0.2) is 50.2 Å². The first-order valence-corrected chi connectivity index (χ1v) is 8.45. The monoisotopic (exact) mass is 304 g/mol. The van der Waals surface area contributed by atoms with Gasteiger partial charge in [0.25, 0.3) is 0 Å². The first-order valence-electron chi connectivity index (χ1n) is 8.45. The molecule has 1 N–H and O–H groups in total. The molecule has 0 aromatic heterocycles. The largest absolute Gasteiger partial charge is 0.379 e. The number of aryl methyl sites for hydroxylation is 1. The van der Waals surface area contributed by atoms with Crippen molar-refractivity contribution in [1.29, 1.82) is 0 Å². The Labute approximate surface area is 133 Å². The number of ether oxygens (including phenoxy) is 1. The summed E-state index contributed by atoms with van der Waals surface area (Å²) in [5, 5.41) is 3.02. The van der Waals surface area contributed by atoms with E-state index in [1.54, 1.807) is 0 Å². The molecular formula is C18H28N2O2. The van der Waals surface area contributed by atoms with E-state index in [2.05, 4.69) is 34.5 Å². The van der Waals surface area contributed by atoms with E-state index >= 15 is 0 Å². The van der Waals surface area contributed by atoms with Crippen LogP contribution in [0.5, 0.6) is 0 Å². The highest BCUT2D eigenvalue weighted by atomic mass is 16.5. The number of carbonyl (C=O) groups excluding carboxylic acids is 1. The average molecular weight is 304 g/mol. The zero-order chi connectivity index (χ0) is 15.5. The number of benzene rings is 1. The van der Waals surface area contributed by atoms with Gasteiger partial charge < -0.3 is 10.1 Å². The summed E-state index contributed by atoms with van der Waals surface area (Å²) < 4.78 is 5.32. The normalized spacial score (nSPS) is 15.6. The van der Waals surface area contributed by atoms with E-state index in [1.807, 2.05) is 6.07 Å². The van der Waals surface area contributed by atoms with E-state index in [9.17, 15) is 4.79 Å². The molecule has 0 radical (unpaired) electrons. The maximum absolute atomic E-state index is 11.8. The number of hydrogen-bond donors (Lipinski definition) is 1. The third-order valence-corrected chi connectivity index (χ3v) is 4.04. The fraction of sp³-hybridized carbons (Fsp3) is 0.611. The minimum atomic E-state index is 0.190. The summed E-state index contributed by atoms with van der Waals surface area (Å²) in [4.78, 5) is 14.2. The molecule has 1 saturated heterocycles.